The normalized spacial score (nSPS) is 18.2. The van der Waals surface area contributed by atoms with Crippen LogP contribution in [0, 0.1) is 6.92 Å². The number of pyridine rings is 1. The number of likely N-dealkylation sites (N-methyl/N-ethyl adjacent to an activating group) is 1. The molecule has 0 amide bonds. The highest BCUT2D eigenvalue weighted by molar-refractivity contribution is 7.80. The van der Waals surface area contributed by atoms with Gasteiger partial charge in [0, 0.05) is 24.8 Å². The summed E-state index contributed by atoms with van der Waals surface area (Å²) in [6.45, 7) is 3.47. The number of hydrogen-bond donors (Lipinski definition) is 2. The number of hydrogen-bond acceptors (Lipinski definition) is 5. The van der Waals surface area contributed by atoms with Crippen LogP contribution in [0.15, 0.2) is 59.1 Å². The minimum atomic E-state index is -0.944. The fraction of sp³-hybridized carbons (Fsp3) is 0.292. The van der Waals surface area contributed by atoms with Crippen molar-refractivity contribution in [3.63, 3.8) is 0 Å². The van der Waals surface area contributed by atoms with Crippen LogP contribution in [0.3, 0.4) is 0 Å². The number of furan rings is 1. The summed E-state index contributed by atoms with van der Waals surface area (Å²) in [6, 6.07) is 14.5. The van der Waals surface area contributed by atoms with Crippen LogP contribution in [-0.4, -0.2) is 58.2 Å². The second-order valence-corrected chi connectivity index (χ2v) is 8.55. The number of aromatic carboxylic acids is 1. The number of carboxylic acids is 1. The lowest BCUT2D eigenvalue weighted by molar-refractivity contribution is 0.0697. The number of rotatable bonds is 7. The maximum atomic E-state index is 11.3. The van der Waals surface area contributed by atoms with E-state index in [0.717, 1.165) is 35.7 Å². The second kappa shape index (κ2) is 9.10. The molecule has 0 saturated carbocycles. The van der Waals surface area contributed by atoms with Crippen molar-refractivity contribution in [2.75, 3.05) is 27.2 Å². The molecule has 0 spiro atoms. The smallest absolute Gasteiger partial charge is 0.335 e. The van der Waals surface area contributed by atoms with Crippen LogP contribution >= 0.6 is 12.2 Å². The quantitative estimate of drug-likeness (QED) is 0.525. The summed E-state index contributed by atoms with van der Waals surface area (Å²) in [5.74, 6) is 0.531. The van der Waals surface area contributed by atoms with Crippen molar-refractivity contribution in [1.82, 2.24) is 20.1 Å². The summed E-state index contributed by atoms with van der Waals surface area (Å²) in [6.07, 6.45) is 1.78. The highest BCUT2D eigenvalue weighted by Crippen LogP contribution is 2.40. The molecule has 4 rings (SSSR count). The van der Waals surface area contributed by atoms with Crippen LogP contribution in [0.4, 0.5) is 0 Å². The maximum Gasteiger partial charge on any atom is 0.335 e. The SMILES string of the molecule is Cc1cc(C(=O)O)ccc1-c1ccc([C@@H]2[C@@H](c3ccccn3)NC(=S)N2CCN(C)C)o1. The van der Waals surface area contributed by atoms with E-state index < -0.39 is 5.97 Å². The first-order chi connectivity index (χ1) is 15.3. The molecule has 32 heavy (non-hydrogen) atoms. The number of benzene rings is 1. The molecule has 3 aromatic rings. The van der Waals surface area contributed by atoms with Gasteiger partial charge in [0.25, 0.3) is 0 Å². The molecule has 166 valence electrons. The Morgan fingerprint density at radius 3 is 2.72 bits per heavy atom. The van der Waals surface area contributed by atoms with Gasteiger partial charge >= 0.3 is 5.97 Å². The van der Waals surface area contributed by atoms with Crippen LogP contribution < -0.4 is 5.32 Å². The lowest BCUT2D eigenvalue weighted by Crippen LogP contribution is -2.35. The van der Waals surface area contributed by atoms with Crippen molar-refractivity contribution in [2.24, 2.45) is 0 Å². The standard InChI is InChI=1S/C24H26N4O3S/c1-15-14-16(23(29)30)7-8-17(15)19-9-10-20(31-19)22-21(18-6-4-5-11-25-18)26-24(32)28(22)13-12-27(2)3/h4-11,14,21-22H,12-13H2,1-3H3,(H,26,32)(H,29,30)/t21-,22-/m1/s1. The summed E-state index contributed by atoms with van der Waals surface area (Å²) in [5, 5.41) is 13.3. The van der Waals surface area contributed by atoms with E-state index in [1.807, 2.05) is 51.4 Å². The van der Waals surface area contributed by atoms with Gasteiger partial charge in [-0.1, -0.05) is 12.1 Å². The molecule has 0 bridgehead atoms. The van der Waals surface area contributed by atoms with Gasteiger partial charge < -0.3 is 24.6 Å². The monoisotopic (exact) mass is 450 g/mol. The van der Waals surface area contributed by atoms with Crippen LogP contribution in [0.25, 0.3) is 11.3 Å². The highest BCUT2D eigenvalue weighted by atomic mass is 32.1. The average Bonchev–Trinajstić information content (AvgIpc) is 3.37. The molecule has 2 aromatic heterocycles. The van der Waals surface area contributed by atoms with Crippen molar-refractivity contribution in [3.8, 4) is 11.3 Å². The molecular formula is C24H26N4O3S. The molecule has 2 atom stereocenters. The van der Waals surface area contributed by atoms with Crippen LogP contribution in [-0.2, 0) is 0 Å². The molecule has 0 aliphatic carbocycles. The number of aromatic nitrogens is 1. The van der Waals surface area contributed by atoms with E-state index in [9.17, 15) is 9.90 Å². The van der Waals surface area contributed by atoms with E-state index in [1.54, 1.807) is 24.4 Å². The first-order valence-electron chi connectivity index (χ1n) is 10.4. The predicted molar refractivity (Wildman–Crippen MR) is 127 cm³/mol. The lowest BCUT2D eigenvalue weighted by Gasteiger charge is -2.27. The van der Waals surface area contributed by atoms with Crippen molar-refractivity contribution in [3.05, 3.63) is 77.3 Å². The minimum Gasteiger partial charge on any atom is -0.478 e. The lowest BCUT2D eigenvalue weighted by atomic mass is 10.0. The fourth-order valence-corrected chi connectivity index (χ4v) is 4.32. The first-order valence-corrected chi connectivity index (χ1v) is 10.8. The molecule has 3 heterocycles. The van der Waals surface area contributed by atoms with Gasteiger partial charge in [-0.25, -0.2) is 4.79 Å². The Morgan fingerprint density at radius 2 is 2.06 bits per heavy atom. The van der Waals surface area contributed by atoms with E-state index in [-0.39, 0.29) is 17.6 Å². The first kappa shape index (κ1) is 22.0. The molecule has 1 aromatic carbocycles. The Bertz CT molecular complexity index is 1130. The summed E-state index contributed by atoms with van der Waals surface area (Å²) in [7, 11) is 4.07. The van der Waals surface area contributed by atoms with E-state index >= 15 is 0 Å². The van der Waals surface area contributed by atoms with Crippen LogP contribution in [0.2, 0.25) is 0 Å². The van der Waals surface area contributed by atoms with E-state index in [1.165, 1.54) is 0 Å². The molecule has 7 nitrogen and oxygen atoms in total. The maximum absolute atomic E-state index is 11.3. The minimum absolute atomic E-state index is 0.139. The topological polar surface area (TPSA) is 81.8 Å². The predicted octanol–water partition coefficient (Wildman–Crippen LogP) is 3.88. The Hall–Kier alpha value is -3.23. The van der Waals surface area contributed by atoms with Gasteiger partial charge in [0.2, 0.25) is 0 Å². The van der Waals surface area contributed by atoms with Gasteiger partial charge in [-0.3, -0.25) is 4.98 Å². The third-order valence-electron chi connectivity index (χ3n) is 5.64. The second-order valence-electron chi connectivity index (χ2n) is 8.16. The molecule has 0 radical (unpaired) electrons. The number of aryl methyl sites for hydroxylation is 1. The van der Waals surface area contributed by atoms with E-state index in [2.05, 4.69) is 20.1 Å². The molecule has 1 aliphatic heterocycles. The van der Waals surface area contributed by atoms with Gasteiger partial charge in [0.1, 0.15) is 17.6 Å². The van der Waals surface area contributed by atoms with Gasteiger partial charge in [-0.15, -0.1) is 0 Å². The third kappa shape index (κ3) is 4.37. The summed E-state index contributed by atoms with van der Waals surface area (Å²) < 4.78 is 6.34. The van der Waals surface area contributed by atoms with Crippen molar-refractivity contribution < 1.29 is 14.3 Å². The molecule has 1 aliphatic rings. The molecule has 2 N–H and O–H groups in total. The molecule has 1 fully saturated rings. The number of thiocarbonyl (C=S) groups is 1. The van der Waals surface area contributed by atoms with E-state index in [4.69, 9.17) is 16.6 Å². The number of carboxylic acid groups (broad SMARTS) is 1. The zero-order valence-corrected chi connectivity index (χ0v) is 19.1. The molecular weight excluding hydrogens is 424 g/mol. The Morgan fingerprint density at radius 1 is 1.25 bits per heavy atom. The van der Waals surface area contributed by atoms with E-state index in [0.29, 0.717) is 10.9 Å². The third-order valence-corrected chi connectivity index (χ3v) is 6.00. The summed E-state index contributed by atoms with van der Waals surface area (Å²) in [4.78, 5) is 20.1. The number of nitrogens with zero attached hydrogens (tertiary/aromatic N) is 3. The molecule has 0 unspecified atom stereocenters. The Kier molecular flexibility index (Phi) is 6.25. The highest BCUT2D eigenvalue weighted by Gasteiger charge is 2.41. The number of carbonyl (C=O) groups is 1. The van der Waals surface area contributed by atoms with Gasteiger partial charge in [-0.05, 0) is 75.2 Å². The van der Waals surface area contributed by atoms with Gasteiger partial charge in [-0.2, -0.15) is 0 Å². The largest absolute Gasteiger partial charge is 0.478 e. The fourth-order valence-electron chi connectivity index (χ4n) is 3.99. The summed E-state index contributed by atoms with van der Waals surface area (Å²) >= 11 is 5.68. The number of nitrogens with one attached hydrogen (secondary N) is 1. The van der Waals surface area contributed by atoms with Crippen molar-refractivity contribution >= 4 is 23.3 Å². The van der Waals surface area contributed by atoms with Crippen LogP contribution in [0.1, 0.15) is 39.5 Å². The van der Waals surface area contributed by atoms with Gasteiger partial charge in [0.05, 0.1) is 17.3 Å². The zero-order valence-electron chi connectivity index (χ0n) is 18.3. The Balaban J connectivity index is 1.70. The molecule has 8 heteroatoms. The summed E-state index contributed by atoms with van der Waals surface area (Å²) in [5.41, 5.74) is 2.86. The average molecular weight is 451 g/mol. The Labute approximate surface area is 192 Å². The van der Waals surface area contributed by atoms with Crippen LogP contribution in [0.5, 0.6) is 0 Å². The van der Waals surface area contributed by atoms with Crippen molar-refractivity contribution in [2.45, 2.75) is 19.0 Å². The van der Waals surface area contributed by atoms with Crippen molar-refractivity contribution in [1.29, 1.82) is 0 Å². The molecule has 1 saturated heterocycles. The zero-order chi connectivity index (χ0) is 22.8. The van der Waals surface area contributed by atoms with Gasteiger partial charge in [0.15, 0.2) is 5.11 Å².